The first-order chi connectivity index (χ1) is 9.20. The van der Waals surface area contributed by atoms with Crippen LogP contribution in [0.5, 0.6) is 0 Å². The molecule has 0 unspecified atom stereocenters. The molecule has 0 aromatic heterocycles. The second-order valence-corrected chi connectivity index (χ2v) is 7.15. The zero-order valence-electron chi connectivity index (χ0n) is 11.9. The lowest BCUT2D eigenvalue weighted by atomic mass is 9.89. The minimum absolute atomic E-state index is 0.0869. The number of hydrogen-bond donors (Lipinski definition) is 1. The van der Waals surface area contributed by atoms with Gasteiger partial charge in [0, 0.05) is 24.5 Å². The largest absolute Gasteiger partial charge is 0.481 e. The molecule has 0 saturated carbocycles. The first-order valence-electron chi connectivity index (χ1n) is 6.63. The summed E-state index contributed by atoms with van der Waals surface area (Å²) < 4.78 is 14.1. The number of likely N-dealkylation sites (tertiary alicyclic amines) is 1. The SMILES string of the molecule is CC(C)(C)N1C[C@H](C(=O)O)[C@@H](c2ccc(Br)c(F)c2)C1. The second-order valence-electron chi connectivity index (χ2n) is 6.30. The molecule has 2 atom stereocenters. The van der Waals surface area contributed by atoms with E-state index in [9.17, 15) is 14.3 Å². The van der Waals surface area contributed by atoms with Crippen LogP contribution in [0.3, 0.4) is 0 Å². The Hall–Kier alpha value is -0.940. The van der Waals surface area contributed by atoms with Crippen molar-refractivity contribution in [2.45, 2.75) is 32.2 Å². The molecule has 1 aliphatic heterocycles. The maximum Gasteiger partial charge on any atom is 0.308 e. The highest BCUT2D eigenvalue weighted by molar-refractivity contribution is 9.10. The van der Waals surface area contributed by atoms with Crippen molar-refractivity contribution in [1.82, 2.24) is 4.90 Å². The summed E-state index contributed by atoms with van der Waals surface area (Å²) in [4.78, 5) is 13.6. The Labute approximate surface area is 126 Å². The molecule has 1 aliphatic rings. The number of carboxylic acids is 1. The van der Waals surface area contributed by atoms with Crippen molar-refractivity contribution >= 4 is 21.9 Å². The highest BCUT2D eigenvalue weighted by Gasteiger charge is 2.42. The van der Waals surface area contributed by atoms with Gasteiger partial charge in [0.05, 0.1) is 10.4 Å². The Kier molecular flexibility index (Phi) is 4.21. The average molecular weight is 344 g/mol. The first-order valence-corrected chi connectivity index (χ1v) is 7.42. The molecular formula is C15H19BrFNO2. The molecule has 110 valence electrons. The summed E-state index contributed by atoms with van der Waals surface area (Å²) in [7, 11) is 0. The molecule has 0 aliphatic carbocycles. The summed E-state index contributed by atoms with van der Waals surface area (Å²) in [5, 5.41) is 9.42. The van der Waals surface area contributed by atoms with Gasteiger partial charge in [-0.1, -0.05) is 6.07 Å². The third kappa shape index (κ3) is 3.04. The fourth-order valence-corrected chi connectivity index (χ4v) is 2.93. The zero-order chi connectivity index (χ0) is 15.1. The van der Waals surface area contributed by atoms with Gasteiger partial charge in [-0.25, -0.2) is 4.39 Å². The van der Waals surface area contributed by atoms with Gasteiger partial charge < -0.3 is 5.11 Å². The Morgan fingerprint density at radius 2 is 2.05 bits per heavy atom. The zero-order valence-corrected chi connectivity index (χ0v) is 13.4. The number of benzene rings is 1. The van der Waals surface area contributed by atoms with E-state index in [2.05, 4.69) is 41.6 Å². The van der Waals surface area contributed by atoms with Crippen molar-refractivity contribution in [2.75, 3.05) is 13.1 Å². The number of nitrogens with zero attached hydrogens (tertiary/aromatic N) is 1. The van der Waals surface area contributed by atoms with Crippen LogP contribution in [0, 0.1) is 11.7 Å². The molecule has 1 saturated heterocycles. The van der Waals surface area contributed by atoms with E-state index in [0.29, 0.717) is 17.6 Å². The van der Waals surface area contributed by atoms with Crippen molar-refractivity contribution in [3.05, 3.63) is 34.1 Å². The normalized spacial score (nSPS) is 24.1. The van der Waals surface area contributed by atoms with Crippen LogP contribution in [0.1, 0.15) is 32.3 Å². The maximum atomic E-state index is 13.7. The summed E-state index contributed by atoms with van der Waals surface area (Å²) in [5.74, 6) is -1.82. The van der Waals surface area contributed by atoms with Crippen LogP contribution in [0.2, 0.25) is 0 Å². The van der Waals surface area contributed by atoms with E-state index < -0.39 is 11.9 Å². The Bertz CT molecular complexity index is 527. The van der Waals surface area contributed by atoms with Crippen LogP contribution in [0.4, 0.5) is 4.39 Å². The number of carbonyl (C=O) groups is 1. The van der Waals surface area contributed by atoms with Crippen LogP contribution in [-0.4, -0.2) is 34.6 Å². The van der Waals surface area contributed by atoms with E-state index in [1.54, 1.807) is 12.1 Å². The standard InChI is InChI=1S/C15H19BrFNO2/c1-15(2,3)18-7-10(11(8-18)14(19)20)9-4-5-12(16)13(17)6-9/h4-6,10-11H,7-8H2,1-3H3,(H,19,20)/t10-,11+/m1/s1. The predicted octanol–water partition coefficient (Wildman–Crippen LogP) is 3.49. The highest BCUT2D eigenvalue weighted by Crippen LogP contribution is 2.37. The van der Waals surface area contributed by atoms with Gasteiger partial charge in [-0.15, -0.1) is 0 Å². The molecule has 3 nitrogen and oxygen atoms in total. The van der Waals surface area contributed by atoms with Crippen LogP contribution in [-0.2, 0) is 4.79 Å². The quantitative estimate of drug-likeness (QED) is 0.893. The average Bonchev–Trinajstić information content (AvgIpc) is 2.77. The molecule has 2 rings (SSSR count). The summed E-state index contributed by atoms with van der Waals surface area (Å²) in [6, 6.07) is 4.89. The van der Waals surface area contributed by atoms with Crippen LogP contribution in [0.15, 0.2) is 22.7 Å². The molecule has 1 fully saturated rings. The lowest BCUT2D eigenvalue weighted by molar-refractivity contribution is -0.141. The molecule has 0 spiro atoms. The summed E-state index contributed by atoms with van der Waals surface area (Å²) in [6.45, 7) is 7.34. The number of rotatable bonds is 2. The van der Waals surface area contributed by atoms with E-state index in [1.807, 2.05) is 0 Å². The van der Waals surface area contributed by atoms with Gasteiger partial charge in [0.25, 0.3) is 0 Å². The molecule has 1 aromatic rings. The van der Waals surface area contributed by atoms with E-state index in [4.69, 9.17) is 0 Å². The summed E-state index contributed by atoms with van der Waals surface area (Å²) in [5.41, 5.74) is 0.668. The van der Waals surface area contributed by atoms with Gasteiger partial charge in [-0.3, -0.25) is 9.69 Å². The summed E-state index contributed by atoms with van der Waals surface area (Å²) in [6.07, 6.45) is 0. The monoisotopic (exact) mass is 343 g/mol. The van der Waals surface area contributed by atoms with Crippen molar-refractivity contribution in [1.29, 1.82) is 0 Å². The fourth-order valence-electron chi connectivity index (χ4n) is 2.68. The Balaban J connectivity index is 2.32. The van der Waals surface area contributed by atoms with Crippen molar-refractivity contribution < 1.29 is 14.3 Å². The second kappa shape index (κ2) is 5.45. The Morgan fingerprint density at radius 1 is 1.40 bits per heavy atom. The van der Waals surface area contributed by atoms with Crippen LogP contribution < -0.4 is 0 Å². The van der Waals surface area contributed by atoms with E-state index in [1.165, 1.54) is 6.07 Å². The summed E-state index contributed by atoms with van der Waals surface area (Å²) >= 11 is 3.12. The number of halogens is 2. The van der Waals surface area contributed by atoms with Crippen LogP contribution >= 0.6 is 15.9 Å². The predicted molar refractivity (Wildman–Crippen MR) is 79.3 cm³/mol. The molecule has 0 radical (unpaired) electrons. The fraction of sp³-hybridized carbons (Fsp3) is 0.533. The molecule has 20 heavy (non-hydrogen) atoms. The van der Waals surface area contributed by atoms with Crippen molar-refractivity contribution in [3.8, 4) is 0 Å². The minimum Gasteiger partial charge on any atom is -0.481 e. The molecule has 1 aromatic carbocycles. The van der Waals surface area contributed by atoms with Gasteiger partial charge in [-0.05, 0) is 54.4 Å². The highest BCUT2D eigenvalue weighted by atomic mass is 79.9. The third-order valence-electron chi connectivity index (χ3n) is 3.96. The van der Waals surface area contributed by atoms with Crippen molar-refractivity contribution in [2.24, 2.45) is 5.92 Å². The smallest absolute Gasteiger partial charge is 0.308 e. The minimum atomic E-state index is -0.815. The molecule has 1 N–H and O–H groups in total. The number of hydrogen-bond acceptors (Lipinski definition) is 2. The van der Waals surface area contributed by atoms with Gasteiger partial charge in [0.1, 0.15) is 5.82 Å². The van der Waals surface area contributed by atoms with Gasteiger partial charge in [0.15, 0.2) is 0 Å². The van der Waals surface area contributed by atoms with E-state index >= 15 is 0 Å². The lowest BCUT2D eigenvalue weighted by Crippen LogP contribution is -2.40. The molecule has 0 bridgehead atoms. The van der Waals surface area contributed by atoms with Crippen molar-refractivity contribution in [3.63, 3.8) is 0 Å². The van der Waals surface area contributed by atoms with Crippen LogP contribution in [0.25, 0.3) is 0 Å². The molecule has 5 heteroatoms. The number of aliphatic carboxylic acids is 1. The molecular weight excluding hydrogens is 325 g/mol. The van der Waals surface area contributed by atoms with E-state index in [-0.39, 0.29) is 17.3 Å². The van der Waals surface area contributed by atoms with Gasteiger partial charge in [-0.2, -0.15) is 0 Å². The maximum absolute atomic E-state index is 13.7. The lowest BCUT2D eigenvalue weighted by Gasteiger charge is -2.31. The third-order valence-corrected chi connectivity index (χ3v) is 4.60. The van der Waals surface area contributed by atoms with Gasteiger partial charge >= 0.3 is 5.97 Å². The Morgan fingerprint density at radius 3 is 2.55 bits per heavy atom. The molecule has 0 amide bonds. The number of carboxylic acid groups (broad SMARTS) is 1. The topological polar surface area (TPSA) is 40.5 Å². The van der Waals surface area contributed by atoms with E-state index in [0.717, 1.165) is 5.56 Å². The first kappa shape index (κ1) is 15.4. The van der Waals surface area contributed by atoms with Gasteiger partial charge in [0.2, 0.25) is 0 Å². The molecule has 1 heterocycles.